The number of carbonyl (C=O) groups excluding carboxylic acids is 4. The predicted octanol–water partition coefficient (Wildman–Crippen LogP) is 3.32. The first-order valence-corrected chi connectivity index (χ1v) is 20.7. The second-order valence-electron chi connectivity index (χ2n) is 14.8. The monoisotopic (exact) mass is 798 g/mol. The third-order valence-corrected chi connectivity index (χ3v) is 12.9. The molecular weight excluding hydrogens is 753 g/mol. The summed E-state index contributed by atoms with van der Waals surface area (Å²) in [5.74, 6) is -0.872. The Morgan fingerprint density at radius 3 is 2.28 bits per heavy atom. The van der Waals surface area contributed by atoms with E-state index in [-0.39, 0.29) is 29.5 Å². The number of imide groups is 2. The molecule has 2 N–H and O–H groups in total. The first-order valence-electron chi connectivity index (χ1n) is 19.1. The lowest BCUT2D eigenvalue weighted by atomic mass is 9.98. The summed E-state index contributed by atoms with van der Waals surface area (Å²) in [6, 6.07) is 9.82. The first kappa shape index (κ1) is 39.8. The van der Waals surface area contributed by atoms with Gasteiger partial charge in [0.2, 0.25) is 21.8 Å². The minimum absolute atomic E-state index is 0.0735. The third kappa shape index (κ3) is 8.06. The van der Waals surface area contributed by atoms with E-state index in [1.54, 1.807) is 52.0 Å². The first-order chi connectivity index (χ1) is 27.4. The summed E-state index contributed by atoms with van der Waals surface area (Å²) in [7, 11) is 1.37. The van der Waals surface area contributed by atoms with Crippen LogP contribution in [0, 0.1) is 0 Å². The maximum absolute atomic E-state index is 13.1. The second-order valence-corrected chi connectivity index (χ2v) is 16.9. The van der Waals surface area contributed by atoms with Crippen molar-refractivity contribution in [1.82, 2.24) is 29.4 Å². The van der Waals surface area contributed by atoms with E-state index in [0.29, 0.717) is 55.9 Å². The number of ether oxygens (including phenoxy) is 2. The lowest BCUT2D eigenvalue weighted by Gasteiger charge is -2.39. The number of benzene rings is 2. The molecule has 0 radical (unpaired) electrons. The highest BCUT2D eigenvalue weighted by atomic mass is 32.2. The largest absolute Gasteiger partial charge is 0.496 e. The molecule has 3 aliphatic heterocycles. The summed E-state index contributed by atoms with van der Waals surface area (Å²) >= 11 is 0. The van der Waals surface area contributed by atoms with Gasteiger partial charge in [0, 0.05) is 63.8 Å². The van der Waals surface area contributed by atoms with Gasteiger partial charge in [-0.05, 0) is 72.5 Å². The molecule has 2 fully saturated rings. The minimum Gasteiger partial charge on any atom is -0.496 e. The standard InChI is InChI=1S/C41H46N6O9S/c1-45-23-32(28-14-16-42-20-31(28)39(45)50)26-18-35(55-2)33(36(19-26)56-3)24-46-21-27(22-46)57(53,54)43-15-8-6-4-5-7-9-25-10-11-29-30(17-25)41(52)47(40(29)51)34-12-13-37(48)44-38(34)49/h10-11,14,16-20,23,27,34,43H,4-9,12-13,15,21-22,24H2,1-3H3,(H,44,48,49). The highest BCUT2D eigenvalue weighted by molar-refractivity contribution is 7.90. The van der Waals surface area contributed by atoms with Crippen molar-refractivity contribution >= 4 is 44.4 Å². The molecule has 5 heterocycles. The van der Waals surface area contributed by atoms with Gasteiger partial charge in [-0.3, -0.25) is 44.1 Å². The summed E-state index contributed by atoms with van der Waals surface area (Å²) in [5, 5.41) is 2.96. The number of fused-ring (bicyclic) bond motifs is 2. The second kappa shape index (κ2) is 16.6. The lowest BCUT2D eigenvalue weighted by Crippen LogP contribution is -2.57. The molecule has 3 aliphatic rings. The summed E-state index contributed by atoms with van der Waals surface area (Å²) in [6.45, 7) is 1.55. The summed E-state index contributed by atoms with van der Waals surface area (Å²) < 4.78 is 42.0. The van der Waals surface area contributed by atoms with Crippen LogP contribution in [0.1, 0.15) is 76.8 Å². The molecule has 2 aromatic carbocycles. The van der Waals surface area contributed by atoms with Gasteiger partial charge >= 0.3 is 0 Å². The smallest absolute Gasteiger partial charge is 0.262 e. The van der Waals surface area contributed by atoms with Crippen molar-refractivity contribution in [3.05, 3.63) is 87.6 Å². The van der Waals surface area contributed by atoms with Crippen LogP contribution in [0.15, 0.2) is 59.8 Å². The maximum atomic E-state index is 13.1. The zero-order chi connectivity index (χ0) is 40.4. The van der Waals surface area contributed by atoms with Crippen LogP contribution in [-0.4, -0.2) is 96.5 Å². The van der Waals surface area contributed by atoms with Crippen molar-refractivity contribution in [2.75, 3.05) is 33.9 Å². The molecule has 4 aromatic rings. The van der Waals surface area contributed by atoms with Crippen LogP contribution in [0.5, 0.6) is 11.5 Å². The number of aromatic nitrogens is 2. The number of aryl methyl sites for hydroxylation is 2. The fourth-order valence-electron chi connectivity index (χ4n) is 7.90. The van der Waals surface area contributed by atoms with Crippen molar-refractivity contribution in [3.8, 4) is 22.6 Å². The Morgan fingerprint density at radius 1 is 0.860 bits per heavy atom. The number of nitrogens with one attached hydrogen (secondary N) is 2. The number of piperidine rings is 1. The predicted molar refractivity (Wildman–Crippen MR) is 211 cm³/mol. The van der Waals surface area contributed by atoms with Crippen LogP contribution < -0.4 is 25.1 Å². The molecule has 15 nitrogen and oxygen atoms in total. The molecule has 1 unspecified atom stereocenters. The molecule has 0 spiro atoms. The van der Waals surface area contributed by atoms with Crippen LogP contribution in [0.2, 0.25) is 0 Å². The Bertz CT molecular complexity index is 2400. The molecule has 0 aliphatic carbocycles. The van der Waals surface area contributed by atoms with Gasteiger partial charge in [0.05, 0.1) is 36.3 Å². The summed E-state index contributed by atoms with van der Waals surface area (Å²) in [5.41, 5.74) is 3.77. The number of unbranched alkanes of at least 4 members (excludes halogenated alkanes) is 4. The fraction of sp³-hybridized carbons (Fsp3) is 0.415. The van der Waals surface area contributed by atoms with Gasteiger partial charge in [0.15, 0.2) is 0 Å². The SMILES string of the molecule is COc1cc(-c2cn(C)c(=O)c3cnccc23)cc(OC)c1CN1CC(S(=O)(=O)NCCCCCCCc2ccc3c(c2)C(=O)N(C2CCC(=O)NC2=O)C3=O)C1. The maximum Gasteiger partial charge on any atom is 0.262 e. The van der Waals surface area contributed by atoms with Crippen LogP contribution in [0.4, 0.5) is 0 Å². The number of sulfonamides is 1. The van der Waals surface area contributed by atoms with Crippen LogP contribution in [0.3, 0.4) is 0 Å². The molecular formula is C41H46N6O9S. The van der Waals surface area contributed by atoms with Crippen molar-refractivity contribution in [3.63, 3.8) is 0 Å². The molecule has 7 rings (SSSR count). The molecule has 2 saturated heterocycles. The van der Waals surface area contributed by atoms with E-state index in [9.17, 15) is 32.4 Å². The molecule has 0 saturated carbocycles. The van der Waals surface area contributed by atoms with E-state index in [4.69, 9.17) is 9.47 Å². The molecule has 57 heavy (non-hydrogen) atoms. The number of likely N-dealkylation sites (tertiary alicyclic amines) is 1. The van der Waals surface area contributed by atoms with E-state index >= 15 is 0 Å². The Labute approximate surface area is 330 Å². The van der Waals surface area contributed by atoms with Gasteiger partial charge in [-0.15, -0.1) is 0 Å². The van der Waals surface area contributed by atoms with E-state index in [0.717, 1.165) is 58.2 Å². The minimum atomic E-state index is -3.49. The highest BCUT2D eigenvalue weighted by Crippen LogP contribution is 2.38. The number of amides is 4. The molecule has 300 valence electrons. The zero-order valence-electron chi connectivity index (χ0n) is 32.2. The highest BCUT2D eigenvalue weighted by Gasteiger charge is 2.44. The average molecular weight is 799 g/mol. The molecule has 1 atom stereocenters. The quantitative estimate of drug-likeness (QED) is 0.125. The third-order valence-electron chi connectivity index (χ3n) is 11.1. The lowest BCUT2D eigenvalue weighted by molar-refractivity contribution is -0.136. The van der Waals surface area contributed by atoms with E-state index < -0.39 is 44.9 Å². The molecule has 0 bridgehead atoms. The zero-order valence-corrected chi connectivity index (χ0v) is 33.0. The van der Waals surface area contributed by atoms with Crippen LogP contribution in [-0.2, 0) is 39.6 Å². The fourth-order valence-corrected chi connectivity index (χ4v) is 9.38. The molecule has 4 amide bonds. The Balaban J connectivity index is 0.843. The average Bonchev–Trinajstić information content (AvgIpc) is 3.42. The van der Waals surface area contributed by atoms with Gasteiger partial charge in [0.1, 0.15) is 22.8 Å². The van der Waals surface area contributed by atoms with E-state index in [1.165, 1.54) is 4.57 Å². The number of carbonyl (C=O) groups is 4. The van der Waals surface area contributed by atoms with Crippen LogP contribution in [0.25, 0.3) is 21.9 Å². The number of methoxy groups -OCH3 is 2. The number of pyridine rings is 2. The van der Waals surface area contributed by atoms with Crippen molar-refractivity contribution < 1.29 is 37.1 Å². The van der Waals surface area contributed by atoms with Gasteiger partial charge < -0.3 is 14.0 Å². The van der Waals surface area contributed by atoms with Gasteiger partial charge in [-0.2, -0.15) is 0 Å². The van der Waals surface area contributed by atoms with Crippen molar-refractivity contribution in [2.45, 2.75) is 69.2 Å². The molecule has 2 aromatic heterocycles. The van der Waals surface area contributed by atoms with Crippen LogP contribution >= 0.6 is 0 Å². The Morgan fingerprint density at radius 2 is 1.56 bits per heavy atom. The number of hydrogen-bond donors (Lipinski definition) is 2. The summed E-state index contributed by atoms with van der Waals surface area (Å²) in [4.78, 5) is 69.8. The van der Waals surface area contributed by atoms with Gasteiger partial charge in [-0.25, -0.2) is 13.1 Å². The van der Waals surface area contributed by atoms with Crippen molar-refractivity contribution in [1.29, 1.82) is 0 Å². The Hall–Kier alpha value is -5.45. The Kier molecular flexibility index (Phi) is 11.6. The number of nitrogens with zero attached hydrogens (tertiary/aromatic N) is 4. The summed E-state index contributed by atoms with van der Waals surface area (Å²) in [6.07, 6.45) is 10.2. The van der Waals surface area contributed by atoms with Gasteiger partial charge in [0.25, 0.3) is 17.4 Å². The molecule has 16 heteroatoms. The number of hydrogen-bond acceptors (Lipinski definition) is 11. The van der Waals surface area contributed by atoms with Crippen molar-refractivity contribution in [2.24, 2.45) is 7.05 Å². The van der Waals surface area contributed by atoms with E-state index in [1.807, 2.05) is 29.2 Å². The topological polar surface area (TPSA) is 186 Å². The van der Waals surface area contributed by atoms with E-state index in [2.05, 4.69) is 15.0 Å². The normalized spacial score (nSPS) is 17.5. The van der Waals surface area contributed by atoms with Gasteiger partial charge in [-0.1, -0.05) is 25.3 Å². The number of rotatable bonds is 16.